The number of methoxy groups -OCH3 is 2. The van der Waals surface area contributed by atoms with E-state index in [4.69, 9.17) is 18.9 Å². The van der Waals surface area contributed by atoms with Gasteiger partial charge in [0.25, 0.3) is 5.56 Å². The van der Waals surface area contributed by atoms with Gasteiger partial charge in [-0.25, -0.2) is 0 Å². The lowest BCUT2D eigenvalue weighted by atomic mass is 10.2. The Kier molecular flexibility index (Phi) is 4.51. The number of rotatable bonds is 4. The van der Waals surface area contributed by atoms with Crippen LogP contribution in [0, 0.1) is 0 Å². The first-order valence-corrected chi connectivity index (χ1v) is 9.99. The number of nitrogens with zero attached hydrogens (tertiary/aromatic N) is 3. The first-order chi connectivity index (χ1) is 14.7. The first kappa shape index (κ1) is 18.4. The summed E-state index contributed by atoms with van der Waals surface area (Å²) >= 11 is 1.26. The SMILES string of the molecule is COc1ccc(/C=c2/sc3nc(C4COc5ccccc5O4)nn3c2=O)c(OC)c1. The van der Waals surface area contributed by atoms with Crippen LogP contribution in [-0.4, -0.2) is 35.4 Å². The smallest absolute Gasteiger partial charge is 0.291 e. The van der Waals surface area contributed by atoms with Crippen LogP contribution in [-0.2, 0) is 0 Å². The topological polar surface area (TPSA) is 84.2 Å². The fraction of sp³-hybridized carbons (Fsp3) is 0.190. The minimum Gasteiger partial charge on any atom is -0.497 e. The summed E-state index contributed by atoms with van der Waals surface area (Å²) in [6.07, 6.45) is 1.29. The van der Waals surface area contributed by atoms with Gasteiger partial charge in [0.15, 0.2) is 23.4 Å². The lowest BCUT2D eigenvalue weighted by Crippen LogP contribution is -2.26. The van der Waals surface area contributed by atoms with E-state index in [0.29, 0.717) is 38.3 Å². The molecule has 0 amide bonds. The molecule has 2 aromatic heterocycles. The van der Waals surface area contributed by atoms with Gasteiger partial charge in [-0.3, -0.25) is 4.79 Å². The molecular formula is C21H17N3O5S. The molecule has 1 aliphatic heterocycles. The van der Waals surface area contributed by atoms with Crippen LogP contribution < -0.4 is 29.0 Å². The van der Waals surface area contributed by atoms with E-state index in [0.717, 1.165) is 5.56 Å². The van der Waals surface area contributed by atoms with Gasteiger partial charge in [-0.2, -0.15) is 9.50 Å². The molecule has 30 heavy (non-hydrogen) atoms. The van der Waals surface area contributed by atoms with E-state index in [1.54, 1.807) is 26.4 Å². The summed E-state index contributed by atoms with van der Waals surface area (Å²) in [5.41, 5.74) is 0.518. The zero-order chi connectivity index (χ0) is 20.7. The van der Waals surface area contributed by atoms with Gasteiger partial charge < -0.3 is 18.9 Å². The minimum absolute atomic E-state index is 0.247. The van der Waals surface area contributed by atoms with E-state index in [1.165, 1.54) is 15.9 Å². The highest BCUT2D eigenvalue weighted by Crippen LogP contribution is 2.35. The van der Waals surface area contributed by atoms with Crippen LogP contribution in [0.2, 0.25) is 0 Å². The predicted octanol–water partition coefficient (Wildman–Crippen LogP) is 2.23. The molecule has 0 spiro atoms. The zero-order valence-electron chi connectivity index (χ0n) is 16.2. The average molecular weight is 423 g/mol. The molecule has 152 valence electrons. The van der Waals surface area contributed by atoms with Gasteiger partial charge in [-0.15, -0.1) is 5.10 Å². The highest BCUT2D eigenvalue weighted by molar-refractivity contribution is 7.15. The summed E-state index contributed by atoms with van der Waals surface area (Å²) in [4.78, 5) is 17.8. The predicted molar refractivity (Wildman–Crippen MR) is 111 cm³/mol. The van der Waals surface area contributed by atoms with Gasteiger partial charge in [0, 0.05) is 11.6 Å². The van der Waals surface area contributed by atoms with Gasteiger partial charge >= 0.3 is 0 Å². The molecule has 1 aliphatic rings. The lowest BCUT2D eigenvalue weighted by molar-refractivity contribution is 0.0852. The van der Waals surface area contributed by atoms with Gasteiger partial charge in [-0.05, 0) is 30.3 Å². The van der Waals surface area contributed by atoms with Crippen molar-refractivity contribution in [3.05, 3.63) is 68.7 Å². The van der Waals surface area contributed by atoms with Crippen LogP contribution in [0.3, 0.4) is 0 Å². The number of para-hydroxylation sites is 2. The Morgan fingerprint density at radius 1 is 1.17 bits per heavy atom. The van der Waals surface area contributed by atoms with Crippen LogP contribution in [0.25, 0.3) is 11.0 Å². The normalized spacial score (nSPS) is 16.1. The molecule has 1 unspecified atom stereocenters. The molecule has 0 fully saturated rings. The summed E-state index contributed by atoms with van der Waals surface area (Å²) in [6.45, 7) is 0.283. The Balaban J connectivity index is 1.49. The maximum atomic E-state index is 12.9. The summed E-state index contributed by atoms with van der Waals surface area (Å²) in [5.74, 6) is 3.02. The van der Waals surface area contributed by atoms with Gasteiger partial charge in [0.2, 0.25) is 4.96 Å². The van der Waals surface area contributed by atoms with Crippen molar-refractivity contribution in [1.29, 1.82) is 0 Å². The molecule has 0 saturated carbocycles. The van der Waals surface area contributed by atoms with Crippen molar-refractivity contribution in [1.82, 2.24) is 14.6 Å². The largest absolute Gasteiger partial charge is 0.497 e. The number of ether oxygens (including phenoxy) is 4. The van der Waals surface area contributed by atoms with Crippen LogP contribution in [0.4, 0.5) is 0 Å². The number of hydrogen-bond acceptors (Lipinski definition) is 8. The first-order valence-electron chi connectivity index (χ1n) is 9.18. The molecule has 8 nitrogen and oxygen atoms in total. The second-order valence-electron chi connectivity index (χ2n) is 6.55. The molecule has 0 radical (unpaired) electrons. The third kappa shape index (κ3) is 3.13. The van der Waals surface area contributed by atoms with Gasteiger partial charge in [-0.1, -0.05) is 23.5 Å². The number of benzene rings is 2. The molecule has 0 bridgehead atoms. The van der Waals surface area contributed by atoms with Crippen molar-refractivity contribution in [3.63, 3.8) is 0 Å². The molecule has 2 aromatic carbocycles. The van der Waals surface area contributed by atoms with Gasteiger partial charge in [0.1, 0.15) is 18.1 Å². The molecule has 0 saturated heterocycles. The summed E-state index contributed by atoms with van der Waals surface area (Å²) < 4.78 is 24.1. The monoisotopic (exact) mass is 423 g/mol. The third-order valence-electron chi connectivity index (χ3n) is 4.72. The second-order valence-corrected chi connectivity index (χ2v) is 7.56. The van der Waals surface area contributed by atoms with Crippen LogP contribution in [0.5, 0.6) is 23.0 Å². The van der Waals surface area contributed by atoms with Crippen molar-refractivity contribution in [2.75, 3.05) is 20.8 Å². The second kappa shape index (κ2) is 7.34. The molecule has 4 aromatic rings. The Morgan fingerprint density at radius 2 is 2.00 bits per heavy atom. The summed E-state index contributed by atoms with van der Waals surface area (Å²) in [6, 6.07) is 12.8. The van der Waals surface area contributed by atoms with Crippen molar-refractivity contribution >= 4 is 22.4 Å². The van der Waals surface area contributed by atoms with E-state index >= 15 is 0 Å². The van der Waals surface area contributed by atoms with Crippen LogP contribution in [0.15, 0.2) is 47.3 Å². The molecule has 5 rings (SSSR count). The number of thiazole rings is 1. The number of aromatic nitrogens is 3. The van der Waals surface area contributed by atoms with Crippen LogP contribution >= 0.6 is 11.3 Å². The van der Waals surface area contributed by atoms with Crippen molar-refractivity contribution in [3.8, 4) is 23.0 Å². The number of fused-ring (bicyclic) bond motifs is 2. The fourth-order valence-electron chi connectivity index (χ4n) is 3.21. The zero-order valence-corrected chi connectivity index (χ0v) is 17.0. The minimum atomic E-state index is -0.472. The molecule has 9 heteroatoms. The average Bonchev–Trinajstić information content (AvgIpc) is 3.33. The lowest BCUT2D eigenvalue weighted by Gasteiger charge is -2.24. The number of hydrogen-bond donors (Lipinski definition) is 0. The Morgan fingerprint density at radius 3 is 2.77 bits per heavy atom. The molecule has 1 atom stereocenters. The van der Waals surface area contributed by atoms with E-state index in [1.807, 2.05) is 36.4 Å². The summed E-state index contributed by atoms with van der Waals surface area (Å²) in [7, 11) is 3.16. The summed E-state index contributed by atoms with van der Waals surface area (Å²) in [5, 5.41) is 4.37. The Labute approximate surface area is 174 Å². The Bertz CT molecular complexity index is 1350. The highest BCUT2D eigenvalue weighted by atomic mass is 32.1. The van der Waals surface area contributed by atoms with Crippen molar-refractivity contribution < 1.29 is 18.9 Å². The quantitative estimate of drug-likeness (QED) is 0.498. The third-order valence-corrected chi connectivity index (χ3v) is 5.68. The van der Waals surface area contributed by atoms with E-state index < -0.39 is 6.10 Å². The molecule has 0 aliphatic carbocycles. The highest BCUT2D eigenvalue weighted by Gasteiger charge is 2.27. The maximum absolute atomic E-state index is 12.9. The molecular weight excluding hydrogens is 406 g/mol. The standard InChI is InChI=1S/C21H17N3O5S/c1-26-13-8-7-12(16(10-13)27-2)9-18-20(25)24-21(30-18)22-19(23-24)17-11-28-14-5-3-4-6-15(14)29-17/h3-10,17H,11H2,1-2H3/b18-9+. The molecule has 3 heterocycles. The van der Waals surface area contributed by atoms with E-state index in [2.05, 4.69) is 10.1 Å². The van der Waals surface area contributed by atoms with Crippen LogP contribution in [0.1, 0.15) is 17.5 Å². The van der Waals surface area contributed by atoms with Gasteiger partial charge in [0.05, 0.1) is 18.8 Å². The van der Waals surface area contributed by atoms with E-state index in [9.17, 15) is 4.79 Å². The molecule has 0 N–H and O–H groups in total. The maximum Gasteiger partial charge on any atom is 0.291 e. The van der Waals surface area contributed by atoms with Crippen molar-refractivity contribution in [2.24, 2.45) is 0 Å². The Hall–Kier alpha value is -3.59. The fourth-order valence-corrected chi connectivity index (χ4v) is 4.12. The van der Waals surface area contributed by atoms with Crippen molar-refractivity contribution in [2.45, 2.75) is 6.10 Å². The van der Waals surface area contributed by atoms with E-state index in [-0.39, 0.29) is 12.2 Å².